The third-order valence-corrected chi connectivity index (χ3v) is 3.93. The van der Waals surface area contributed by atoms with Crippen LogP contribution in [0.2, 0.25) is 0 Å². The summed E-state index contributed by atoms with van der Waals surface area (Å²) in [5.74, 6) is 0.713. The fourth-order valence-corrected chi connectivity index (χ4v) is 2.48. The van der Waals surface area contributed by atoms with Gasteiger partial charge < -0.3 is 35.3 Å². The number of fused-ring (bicyclic) bond motifs is 1. The molecule has 4 rings (SSSR count). The molecular weight excluding hydrogens is 360 g/mol. The smallest absolute Gasteiger partial charge is 0.329 e. The summed E-state index contributed by atoms with van der Waals surface area (Å²) in [6, 6.07) is 17.9. The Balaban J connectivity index is 0.000000325. The average Bonchev–Trinajstić information content (AvgIpc) is 3.35. The second-order valence-electron chi connectivity index (χ2n) is 5.54. The van der Waals surface area contributed by atoms with E-state index in [1.165, 1.54) is 4.57 Å². The average molecular weight is 378 g/mol. The monoisotopic (exact) mass is 378 g/mol. The van der Waals surface area contributed by atoms with Crippen LogP contribution >= 0.6 is 0 Å². The molecule has 6 nitrogen and oxygen atoms in total. The minimum atomic E-state index is -0.462. The maximum atomic E-state index is 11.7. The number of hydrogen-bond donors (Lipinski definition) is 2. The van der Waals surface area contributed by atoms with Crippen LogP contribution in [0.3, 0.4) is 0 Å². The molecule has 136 valence electrons. The summed E-state index contributed by atoms with van der Waals surface area (Å²) in [6.45, 7) is 2.00. The molecule has 0 saturated heterocycles. The summed E-state index contributed by atoms with van der Waals surface area (Å²) < 4.78 is 1.33. The molecule has 0 aliphatic carbocycles. The van der Waals surface area contributed by atoms with E-state index in [2.05, 4.69) is 15.0 Å². The zero-order valence-electron chi connectivity index (χ0n) is 13.8. The number of aromatic amines is 2. The Morgan fingerprint density at radius 1 is 1.08 bits per heavy atom. The van der Waals surface area contributed by atoms with Crippen LogP contribution in [0, 0.1) is 0 Å². The number of nitrogens with zero attached hydrogens (tertiary/aromatic N) is 2. The summed E-state index contributed by atoms with van der Waals surface area (Å²) in [6.07, 6.45) is 0. The minimum Gasteiger partial charge on any atom is -0.748 e. The normalized spacial score (nSPS) is 11.4. The molecule has 0 amide bonds. The van der Waals surface area contributed by atoms with Crippen molar-refractivity contribution in [2.45, 2.75) is 12.8 Å². The van der Waals surface area contributed by atoms with E-state index in [-0.39, 0.29) is 23.0 Å². The molecule has 0 aliphatic heterocycles. The number of nitrogens with one attached hydrogen (secondary N) is 2. The third kappa shape index (κ3) is 3.89. The summed E-state index contributed by atoms with van der Waals surface area (Å²) >= 11 is 0. The Kier molecular flexibility index (Phi) is 5.96. The van der Waals surface area contributed by atoms with Crippen LogP contribution in [0.25, 0.3) is 11.2 Å². The predicted molar refractivity (Wildman–Crippen MR) is 93.5 cm³/mol. The summed E-state index contributed by atoms with van der Waals surface area (Å²) in [5.41, 5.74) is 0.918. The van der Waals surface area contributed by atoms with E-state index in [9.17, 15) is 9.59 Å². The number of aromatic nitrogens is 4. The van der Waals surface area contributed by atoms with E-state index in [0.717, 1.165) is 5.56 Å². The standard InChI is InChI=1S/C13H13N4O2.C5H5.Fe/c1-7(8-5-3-4-6-8)10-14-9-11(15-10)17(2)13(19)16-12(9)18;1-2-4-5-3-1;/h3-7H,1-2H3,(H,14,15)(H,16,18,19);1-5H;/q-1;-5;. The summed E-state index contributed by atoms with van der Waals surface area (Å²) in [5, 5.41) is 0. The maximum absolute atomic E-state index is 11.7. The maximum Gasteiger partial charge on any atom is 0.329 e. The summed E-state index contributed by atoms with van der Waals surface area (Å²) in [7, 11) is 1.58. The van der Waals surface area contributed by atoms with Crippen LogP contribution in [0.4, 0.5) is 0 Å². The second kappa shape index (κ2) is 7.96. The molecule has 2 heterocycles. The van der Waals surface area contributed by atoms with Gasteiger partial charge in [0.15, 0.2) is 5.65 Å². The van der Waals surface area contributed by atoms with Crippen molar-refractivity contribution in [3.05, 3.63) is 86.8 Å². The number of H-pyrrole nitrogens is 2. The van der Waals surface area contributed by atoms with Crippen molar-refractivity contribution in [2.75, 3.05) is 0 Å². The topological polar surface area (TPSA) is 83.5 Å². The van der Waals surface area contributed by atoms with Crippen molar-refractivity contribution in [1.82, 2.24) is 19.5 Å². The van der Waals surface area contributed by atoms with Gasteiger partial charge in [0.25, 0.3) is 5.56 Å². The van der Waals surface area contributed by atoms with Gasteiger partial charge in [-0.2, -0.15) is 12.1 Å². The zero-order valence-corrected chi connectivity index (χ0v) is 14.9. The predicted octanol–water partition coefficient (Wildman–Crippen LogP) is 2.22. The fourth-order valence-electron chi connectivity index (χ4n) is 2.48. The Morgan fingerprint density at radius 3 is 2.20 bits per heavy atom. The van der Waals surface area contributed by atoms with E-state index in [0.29, 0.717) is 17.0 Å². The second-order valence-corrected chi connectivity index (χ2v) is 5.54. The van der Waals surface area contributed by atoms with Gasteiger partial charge in [0, 0.05) is 24.1 Å². The van der Waals surface area contributed by atoms with Crippen LogP contribution in [0.1, 0.15) is 24.2 Å². The van der Waals surface area contributed by atoms with Gasteiger partial charge in [0.1, 0.15) is 11.3 Å². The molecule has 0 fully saturated rings. The van der Waals surface area contributed by atoms with Gasteiger partial charge in [-0.25, -0.2) is 21.9 Å². The van der Waals surface area contributed by atoms with Gasteiger partial charge in [-0.15, -0.1) is 5.56 Å². The number of rotatable bonds is 2. The van der Waals surface area contributed by atoms with E-state index < -0.39 is 11.2 Å². The molecule has 2 aromatic carbocycles. The summed E-state index contributed by atoms with van der Waals surface area (Å²) in [4.78, 5) is 32.9. The molecule has 0 saturated carbocycles. The molecule has 1 atom stereocenters. The SMILES string of the molecule is CC(c1nc2c([nH]1)c(=O)[nH]c(=O)n2C)[c-]1cccc1.[Fe].[cH-]1[cH-][cH-][cH-][cH-]1. The van der Waals surface area contributed by atoms with Gasteiger partial charge in [0.2, 0.25) is 0 Å². The molecule has 0 spiro atoms. The third-order valence-electron chi connectivity index (χ3n) is 3.93. The molecule has 0 aliphatic rings. The molecule has 0 radical (unpaired) electrons. The Labute approximate surface area is 154 Å². The molecule has 1 unspecified atom stereocenters. The zero-order chi connectivity index (χ0) is 17.1. The van der Waals surface area contributed by atoms with Crippen molar-refractivity contribution in [3.8, 4) is 0 Å². The molecule has 2 aromatic heterocycles. The van der Waals surface area contributed by atoms with Crippen molar-refractivity contribution >= 4 is 11.2 Å². The van der Waals surface area contributed by atoms with Crippen molar-refractivity contribution in [2.24, 2.45) is 7.05 Å². The number of hydrogen-bond acceptors (Lipinski definition) is 3. The first-order valence-corrected chi connectivity index (χ1v) is 7.65. The van der Waals surface area contributed by atoms with Gasteiger partial charge in [0.05, 0.1) is 0 Å². The van der Waals surface area contributed by atoms with Crippen molar-refractivity contribution < 1.29 is 17.1 Å². The quantitative estimate of drug-likeness (QED) is 0.415. The van der Waals surface area contributed by atoms with E-state index in [4.69, 9.17) is 0 Å². The fraction of sp³-hybridized carbons (Fsp3) is 0.167. The molecule has 7 heteroatoms. The van der Waals surface area contributed by atoms with Crippen LogP contribution in [-0.2, 0) is 24.1 Å². The van der Waals surface area contributed by atoms with Crippen LogP contribution in [0.15, 0.2) is 64.2 Å². The Hall–Kier alpha value is -2.63. The minimum absolute atomic E-state index is 0. The van der Waals surface area contributed by atoms with E-state index in [1.54, 1.807) is 7.05 Å². The van der Waals surface area contributed by atoms with Crippen molar-refractivity contribution in [1.29, 1.82) is 0 Å². The molecule has 4 aromatic rings. The van der Waals surface area contributed by atoms with Crippen molar-refractivity contribution in [3.63, 3.8) is 0 Å². The van der Waals surface area contributed by atoms with Gasteiger partial charge in [-0.05, 0) is 5.92 Å². The van der Waals surface area contributed by atoms with Crippen LogP contribution in [0.5, 0.6) is 0 Å². The molecular formula is C18H18FeN4O2-6. The van der Waals surface area contributed by atoms with Crippen LogP contribution < -0.4 is 11.2 Å². The van der Waals surface area contributed by atoms with Gasteiger partial charge in [-0.3, -0.25) is 14.3 Å². The number of aryl methyl sites for hydroxylation is 1. The van der Waals surface area contributed by atoms with E-state index >= 15 is 0 Å². The van der Waals surface area contributed by atoms with E-state index in [1.807, 2.05) is 61.5 Å². The first kappa shape index (κ1) is 18.7. The van der Waals surface area contributed by atoms with Gasteiger partial charge >= 0.3 is 5.69 Å². The Morgan fingerprint density at radius 2 is 1.64 bits per heavy atom. The Bertz CT molecular complexity index is 1010. The molecule has 25 heavy (non-hydrogen) atoms. The van der Waals surface area contributed by atoms with Crippen LogP contribution in [-0.4, -0.2) is 19.5 Å². The first-order chi connectivity index (χ1) is 11.6. The van der Waals surface area contributed by atoms with Gasteiger partial charge in [-0.1, -0.05) is 6.92 Å². The largest absolute Gasteiger partial charge is 0.748 e. The molecule has 0 bridgehead atoms. The first-order valence-electron chi connectivity index (χ1n) is 7.65. The number of imidazole rings is 1. The molecule has 2 N–H and O–H groups in total.